The Hall–Kier alpha value is -3.40. The molecule has 1 aromatic rings. The van der Waals surface area contributed by atoms with Gasteiger partial charge in [-0.05, 0) is 51.2 Å². The van der Waals surface area contributed by atoms with Crippen molar-refractivity contribution in [3.8, 4) is 5.75 Å². The van der Waals surface area contributed by atoms with Crippen molar-refractivity contribution in [1.82, 2.24) is 20.0 Å². The zero-order valence-corrected chi connectivity index (χ0v) is 21.1. The number of ether oxygens (including phenoxy) is 1. The van der Waals surface area contributed by atoms with Crippen LogP contribution in [0.3, 0.4) is 0 Å². The summed E-state index contributed by atoms with van der Waals surface area (Å²) in [6, 6.07) is 7.74. The average molecular weight is 495 g/mol. The van der Waals surface area contributed by atoms with Crippen molar-refractivity contribution in [2.75, 3.05) is 39.6 Å². The summed E-state index contributed by atoms with van der Waals surface area (Å²) in [6.45, 7) is 1.45. The minimum atomic E-state index is -1.37. The normalized spacial score (nSPS) is 26.3. The maximum Gasteiger partial charge on any atom is 0.244 e. The molecule has 1 aliphatic carbocycles. The summed E-state index contributed by atoms with van der Waals surface area (Å²) in [5.74, 6) is 0.431. The maximum atomic E-state index is 13.9. The van der Waals surface area contributed by atoms with E-state index in [0.717, 1.165) is 55.1 Å². The molecule has 4 aliphatic rings. The molecule has 1 spiro atoms. The predicted molar refractivity (Wildman–Crippen MR) is 135 cm³/mol. The van der Waals surface area contributed by atoms with E-state index in [2.05, 4.69) is 15.5 Å². The van der Waals surface area contributed by atoms with Gasteiger partial charge in [0.1, 0.15) is 23.6 Å². The van der Waals surface area contributed by atoms with Crippen molar-refractivity contribution in [3.63, 3.8) is 0 Å². The van der Waals surface area contributed by atoms with E-state index in [-0.39, 0.29) is 24.8 Å². The number of rotatable bonds is 7. The zero-order chi connectivity index (χ0) is 25.4. The molecule has 10 heteroatoms. The number of carbonyl (C=O) groups excluding carboxylic acids is 3. The largest absolute Gasteiger partial charge is 0.492 e. The Bertz CT molecular complexity index is 1110. The monoisotopic (exact) mass is 494 g/mol. The number of nitrogens with one attached hydrogen (secondary N) is 2. The SMILES string of the molecule is CN(C)CCOc1ccc(NC2N=CC3=C(N2C)N(C2CCCC2)C(=O)C2(CC(=O)NC2=O)C3)cc1. The van der Waals surface area contributed by atoms with Gasteiger partial charge in [0, 0.05) is 43.5 Å². The van der Waals surface area contributed by atoms with Crippen LogP contribution in [-0.4, -0.2) is 85.3 Å². The minimum absolute atomic E-state index is 0.0105. The van der Waals surface area contributed by atoms with E-state index in [4.69, 9.17) is 9.73 Å². The molecule has 5 rings (SSSR count). The number of benzene rings is 1. The number of likely N-dealkylation sites (N-methyl/N-ethyl adjacent to an activating group) is 1. The number of allylic oxidation sites excluding steroid dienone is 1. The lowest BCUT2D eigenvalue weighted by atomic mass is 9.75. The molecule has 0 aromatic heterocycles. The van der Waals surface area contributed by atoms with Crippen LogP contribution >= 0.6 is 0 Å². The Balaban J connectivity index is 1.37. The van der Waals surface area contributed by atoms with Gasteiger partial charge in [-0.2, -0.15) is 0 Å². The van der Waals surface area contributed by atoms with Crippen molar-refractivity contribution < 1.29 is 19.1 Å². The third-order valence-electron chi connectivity index (χ3n) is 7.51. The lowest BCUT2D eigenvalue weighted by Gasteiger charge is -2.47. The highest BCUT2D eigenvalue weighted by Crippen LogP contribution is 2.46. The Kier molecular flexibility index (Phi) is 6.46. The summed E-state index contributed by atoms with van der Waals surface area (Å²) in [6.07, 6.45) is 5.26. The van der Waals surface area contributed by atoms with Crippen LogP contribution in [0.5, 0.6) is 5.75 Å². The molecule has 2 fully saturated rings. The fourth-order valence-corrected chi connectivity index (χ4v) is 5.58. The smallest absolute Gasteiger partial charge is 0.244 e. The Morgan fingerprint density at radius 3 is 2.50 bits per heavy atom. The molecule has 192 valence electrons. The molecule has 1 saturated carbocycles. The number of aliphatic imine (C=N–C) groups is 1. The van der Waals surface area contributed by atoms with Crippen LogP contribution in [0.4, 0.5) is 5.69 Å². The van der Waals surface area contributed by atoms with Gasteiger partial charge in [-0.15, -0.1) is 0 Å². The highest BCUT2D eigenvalue weighted by Gasteiger charge is 2.59. The molecule has 0 radical (unpaired) electrons. The second kappa shape index (κ2) is 9.57. The number of anilines is 1. The van der Waals surface area contributed by atoms with Gasteiger partial charge in [-0.1, -0.05) is 12.8 Å². The van der Waals surface area contributed by atoms with Crippen molar-refractivity contribution in [2.45, 2.75) is 50.9 Å². The van der Waals surface area contributed by atoms with Gasteiger partial charge in [0.25, 0.3) is 0 Å². The summed E-state index contributed by atoms with van der Waals surface area (Å²) in [5, 5.41) is 5.79. The van der Waals surface area contributed by atoms with E-state index in [0.29, 0.717) is 6.61 Å². The summed E-state index contributed by atoms with van der Waals surface area (Å²) in [4.78, 5) is 49.4. The van der Waals surface area contributed by atoms with E-state index in [9.17, 15) is 14.4 Å². The third-order valence-corrected chi connectivity index (χ3v) is 7.51. The number of imide groups is 1. The standard InChI is InChI=1S/C26H34N6O4/c1-30(2)12-13-36-20-10-8-18(9-11-20)28-25-27-16-17-14-26(15-21(33)29-23(26)34)24(35)32(22(17)31(25)3)19-6-4-5-7-19/h8-11,16,19,25,28H,4-7,12-15H2,1-3H3,(H,29,33,34). The average Bonchev–Trinajstić information content (AvgIpc) is 3.46. The van der Waals surface area contributed by atoms with Crippen LogP contribution in [0.25, 0.3) is 0 Å². The maximum absolute atomic E-state index is 13.9. The van der Waals surface area contributed by atoms with Gasteiger partial charge in [-0.25, -0.2) is 4.99 Å². The van der Waals surface area contributed by atoms with E-state index in [1.165, 1.54) is 0 Å². The molecule has 2 unspecified atom stereocenters. The topological polar surface area (TPSA) is 107 Å². The van der Waals surface area contributed by atoms with E-state index < -0.39 is 23.5 Å². The Morgan fingerprint density at radius 1 is 1.14 bits per heavy atom. The fourth-order valence-electron chi connectivity index (χ4n) is 5.58. The van der Waals surface area contributed by atoms with Gasteiger partial charge in [0.2, 0.25) is 17.7 Å². The highest BCUT2D eigenvalue weighted by molar-refractivity contribution is 6.19. The van der Waals surface area contributed by atoms with E-state index in [1.807, 2.05) is 50.3 Å². The van der Waals surface area contributed by atoms with E-state index in [1.54, 1.807) is 11.1 Å². The first-order chi connectivity index (χ1) is 17.3. The molecule has 36 heavy (non-hydrogen) atoms. The summed E-state index contributed by atoms with van der Waals surface area (Å²) in [5.41, 5.74) is 0.324. The van der Waals surface area contributed by atoms with Crippen molar-refractivity contribution >= 4 is 29.6 Å². The van der Waals surface area contributed by atoms with Crippen LogP contribution in [0.2, 0.25) is 0 Å². The minimum Gasteiger partial charge on any atom is -0.492 e. The molecule has 10 nitrogen and oxygen atoms in total. The number of amides is 3. The van der Waals surface area contributed by atoms with Crippen molar-refractivity contribution in [2.24, 2.45) is 10.4 Å². The number of nitrogens with zero attached hydrogens (tertiary/aromatic N) is 4. The molecule has 2 N–H and O–H groups in total. The van der Waals surface area contributed by atoms with Gasteiger partial charge in [0.15, 0.2) is 6.29 Å². The first-order valence-electron chi connectivity index (χ1n) is 12.6. The van der Waals surface area contributed by atoms with Crippen LogP contribution in [0.1, 0.15) is 38.5 Å². The van der Waals surface area contributed by atoms with Crippen LogP contribution in [-0.2, 0) is 14.4 Å². The lowest BCUT2D eigenvalue weighted by Crippen LogP contribution is -2.59. The fraction of sp³-hybridized carbons (Fsp3) is 0.538. The molecule has 0 bridgehead atoms. The second-order valence-electron chi connectivity index (χ2n) is 10.4. The van der Waals surface area contributed by atoms with Gasteiger partial charge in [-0.3, -0.25) is 24.6 Å². The quantitative estimate of drug-likeness (QED) is 0.439. The lowest BCUT2D eigenvalue weighted by molar-refractivity contribution is -0.151. The molecule has 2 atom stereocenters. The first kappa shape index (κ1) is 24.3. The Morgan fingerprint density at radius 2 is 1.86 bits per heavy atom. The van der Waals surface area contributed by atoms with Gasteiger partial charge in [0.05, 0.1) is 6.42 Å². The molecule has 3 aliphatic heterocycles. The molecule has 1 saturated heterocycles. The van der Waals surface area contributed by atoms with Crippen LogP contribution in [0.15, 0.2) is 40.7 Å². The molecular formula is C26H34N6O4. The van der Waals surface area contributed by atoms with Crippen molar-refractivity contribution in [1.29, 1.82) is 0 Å². The molecule has 3 heterocycles. The second-order valence-corrected chi connectivity index (χ2v) is 10.4. The number of carbonyl (C=O) groups is 3. The van der Waals surface area contributed by atoms with E-state index >= 15 is 0 Å². The summed E-state index contributed by atoms with van der Waals surface area (Å²) < 4.78 is 5.78. The van der Waals surface area contributed by atoms with Gasteiger partial charge >= 0.3 is 0 Å². The third kappa shape index (κ3) is 4.34. The van der Waals surface area contributed by atoms with Crippen LogP contribution < -0.4 is 15.4 Å². The predicted octanol–water partition coefficient (Wildman–Crippen LogP) is 1.76. The summed E-state index contributed by atoms with van der Waals surface area (Å²) >= 11 is 0. The number of hydrogen-bond acceptors (Lipinski definition) is 8. The highest BCUT2D eigenvalue weighted by atomic mass is 16.5. The van der Waals surface area contributed by atoms with Gasteiger partial charge < -0.3 is 19.9 Å². The summed E-state index contributed by atoms with van der Waals surface area (Å²) in [7, 11) is 5.93. The van der Waals surface area contributed by atoms with Crippen molar-refractivity contribution in [3.05, 3.63) is 35.7 Å². The Labute approximate surface area is 211 Å². The molecule has 1 aromatic carbocycles. The first-order valence-corrected chi connectivity index (χ1v) is 12.6. The molecular weight excluding hydrogens is 460 g/mol. The zero-order valence-electron chi connectivity index (χ0n) is 21.1. The van der Waals surface area contributed by atoms with Crippen LogP contribution in [0, 0.1) is 5.41 Å². The molecule has 3 amide bonds. The number of hydrogen-bond donors (Lipinski definition) is 2.